The molecule has 2 heterocycles. The van der Waals surface area contributed by atoms with E-state index in [-0.39, 0.29) is 11.5 Å². The molecule has 2 rings (SSSR count). The van der Waals surface area contributed by atoms with E-state index in [1.807, 2.05) is 4.90 Å². The van der Waals surface area contributed by atoms with Crippen LogP contribution in [0.2, 0.25) is 0 Å². The van der Waals surface area contributed by atoms with Gasteiger partial charge in [-0.25, -0.2) is 4.79 Å². The second-order valence-electron chi connectivity index (χ2n) is 3.91. The molecule has 1 aliphatic rings. The van der Waals surface area contributed by atoms with E-state index in [9.17, 15) is 4.79 Å². The first-order chi connectivity index (χ1) is 8.22. The van der Waals surface area contributed by atoms with E-state index in [1.165, 1.54) is 6.42 Å². The van der Waals surface area contributed by atoms with E-state index >= 15 is 0 Å². The Bertz CT molecular complexity index is 417. The summed E-state index contributed by atoms with van der Waals surface area (Å²) in [5, 5.41) is 19.2. The van der Waals surface area contributed by atoms with Gasteiger partial charge in [0, 0.05) is 20.1 Å². The molecule has 0 radical (unpaired) electrons. The van der Waals surface area contributed by atoms with E-state index in [4.69, 9.17) is 5.11 Å². The highest BCUT2D eigenvalue weighted by molar-refractivity contribution is 5.90. The summed E-state index contributed by atoms with van der Waals surface area (Å²) in [6.45, 7) is 1.80. The fraction of sp³-hybridized carbons (Fsp3) is 0.600. The van der Waals surface area contributed by atoms with Crippen molar-refractivity contribution in [3.05, 3.63) is 5.69 Å². The van der Waals surface area contributed by atoms with Gasteiger partial charge in [0.25, 0.3) is 0 Å². The van der Waals surface area contributed by atoms with Crippen LogP contribution in [-0.2, 0) is 0 Å². The number of nitrogens with zero attached hydrogens (tertiary/aromatic N) is 4. The SMILES string of the molecule is CNc1nc(N2CCCCC2)nnc1C(=O)O. The van der Waals surface area contributed by atoms with Crippen molar-refractivity contribution in [1.82, 2.24) is 15.2 Å². The Morgan fingerprint density at radius 2 is 2.00 bits per heavy atom. The first kappa shape index (κ1) is 11.6. The van der Waals surface area contributed by atoms with Gasteiger partial charge in [-0.3, -0.25) is 0 Å². The first-order valence-corrected chi connectivity index (χ1v) is 5.63. The predicted molar refractivity (Wildman–Crippen MR) is 62.4 cm³/mol. The minimum absolute atomic E-state index is 0.145. The van der Waals surface area contributed by atoms with Gasteiger partial charge in [0.15, 0.2) is 5.82 Å². The van der Waals surface area contributed by atoms with Crippen LogP contribution in [-0.4, -0.2) is 46.4 Å². The Labute approximate surface area is 98.9 Å². The molecule has 1 aromatic rings. The van der Waals surface area contributed by atoms with E-state index in [0.29, 0.717) is 5.95 Å². The van der Waals surface area contributed by atoms with Gasteiger partial charge in [-0.2, -0.15) is 4.98 Å². The highest BCUT2D eigenvalue weighted by Gasteiger charge is 2.19. The summed E-state index contributed by atoms with van der Waals surface area (Å²) in [6.07, 6.45) is 3.44. The molecule has 1 aromatic heterocycles. The molecule has 0 saturated carbocycles. The summed E-state index contributed by atoms with van der Waals surface area (Å²) in [4.78, 5) is 17.1. The van der Waals surface area contributed by atoms with Crippen LogP contribution in [0.5, 0.6) is 0 Å². The Kier molecular flexibility index (Phi) is 3.36. The molecular weight excluding hydrogens is 222 g/mol. The van der Waals surface area contributed by atoms with Crippen LogP contribution in [0.1, 0.15) is 29.8 Å². The lowest BCUT2D eigenvalue weighted by Crippen LogP contribution is -2.31. The van der Waals surface area contributed by atoms with Crippen LogP contribution >= 0.6 is 0 Å². The van der Waals surface area contributed by atoms with Gasteiger partial charge >= 0.3 is 5.97 Å². The van der Waals surface area contributed by atoms with Crippen LogP contribution < -0.4 is 10.2 Å². The molecule has 0 atom stereocenters. The Morgan fingerprint density at radius 1 is 1.29 bits per heavy atom. The summed E-state index contributed by atoms with van der Waals surface area (Å²) in [5.74, 6) is -0.369. The van der Waals surface area contributed by atoms with Crippen LogP contribution in [0.25, 0.3) is 0 Å². The molecule has 7 heteroatoms. The van der Waals surface area contributed by atoms with Crippen molar-refractivity contribution >= 4 is 17.7 Å². The van der Waals surface area contributed by atoms with Crippen molar-refractivity contribution in [1.29, 1.82) is 0 Å². The Balaban J connectivity index is 2.27. The average molecular weight is 237 g/mol. The number of aromatic carboxylic acids is 1. The summed E-state index contributed by atoms with van der Waals surface area (Å²) in [7, 11) is 1.62. The molecule has 7 nitrogen and oxygen atoms in total. The Morgan fingerprint density at radius 3 is 2.59 bits per heavy atom. The quantitative estimate of drug-likeness (QED) is 0.795. The summed E-state index contributed by atoms with van der Waals surface area (Å²) >= 11 is 0. The molecule has 92 valence electrons. The molecule has 0 amide bonds. The van der Waals surface area contributed by atoms with Gasteiger partial charge in [0.1, 0.15) is 0 Å². The van der Waals surface area contributed by atoms with Gasteiger partial charge < -0.3 is 15.3 Å². The van der Waals surface area contributed by atoms with Gasteiger partial charge in [-0.15, -0.1) is 10.2 Å². The topological polar surface area (TPSA) is 91.2 Å². The second kappa shape index (κ2) is 4.94. The maximum absolute atomic E-state index is 10.9. The molecule has 0 aromatic carbocycles. The van der Waals surface area contributed by atoms with Crippen LogP contribution in [0.15, 0.2) is 0 Å². The zero-order valence-corrected chi connectivity index (χ0v) is 9.68. The fourth-order valence-corrected chi connectivity index (χ4v) is 1.86. The van der Waals surface area contributed by atoms with Crippen molar-refractivity contribution < 1.29 is 9.90 Å². The van der Waals surface area contributed by atoms with Crippen molar-refractivity contribution in [2.24, 2.45) is 0 Å². The zero-order chi connectivity index (χ0) is 12.3. The maximum atomic E-state index is 10.9. The first-order valence-electron chi connectivity index (χ1n) is 5.63. The number of nitrogens with one attached hydrogen (secondary N) is 1. The second-order valence-corrected chi connectivity index (χ2v) is 3.91. The van der Waals surface area contributed by atoms with Gasteiger partial charge in [-0.1, -0.05) is 0 Å². The van der Waals surface area contributed by atoms with Crippen LogP contribution in [0.4, 0.5) is 11.8 Å². The number of hydrogen-bond acceptors (Lipinski definition) is 6. The smallest absolute Gasteiger partial charge is 0.360 e. The lowest BCUT2D eigenvalue weighted by Gasteiger charge is -2.26. The number of hydrogen-bond donors (Lipinski definition) is 2. The van der Waals surface area contributed by atoms with Crippen molar-refractivity contribution in [2.45, 2.75) is 19.3 Å². The number of carboxylic acids is 1. The monoisotopic (exact) mass is 237 g/mol. The Hall–Kier alpha value is -1.92. The van der Waals surface area contributed by atoms with Crippen molar-refractivity contribution in [3.8, 4) is 0 Å². The van der Waals surface area contributed by atoms with Gasteiger partial charge in [0.05, 0.1) is 0 Å². The average Bonchev–Trinajstić information content (AvgIpc) is 2.39. The zero-order valence-electron chi connectivity index (χ0n) is 9.68. The number of rotatable bonds is 3. The molecule has 0 bridgehead atoms. The number of carboxylic acid groups (broad SMARTS) is 1. The van der Waals surface area contributed by atoms with E-state index in [0.717, 1.165) is 25.9 Å². The highest BCUT2D eigenvalue weighted by atomic mass is 16.4. The van der Waals surface area contributed by atoms with Gasteiger partial charge in [-0.05, 0) is 19.3 Å². The molecule has 2 N–H and O–H groups in total. The standard InChI is InChI=1S/C10H15N5O2/c1-11-8-7(9(16)17)13-14-10(12-8)15-5-3-2-4-6-15/h2-6H2,1H3,(H,16,17)(H,11,12,14). The maximum Gasteiger partial charge on any atom is 0.360 e. The summed E-state index contributed by atoms with van der Waals surface area (Å²) in [5.41, 5.74) is -0.145. The summed E-state index contributed by atoms with van der Waals surface area (Å²) < 4.78 is 0. The lowest BCUT2D eigenvalue weighted by molar-refractivity contribution is 0.0690. The minimum Gasteiger partial charge on any atom is -0.476 e. The molecule has 1 saturated heterocycles. The number of anilines is 2. The van der Waals surface area contributed by atoms with Crippen molar-refractivity contribution in [3.63, 3.8) is 0 Å². The normalized spacial score (nSPS) is 15.7. The highest BCUT2D eigenvalue weighted by Crippen LogP contribution is 2.17. The minimum atomic E-state index is -1.13. The lowest BCUT2D eigenvalue weighted by atomic mass is 10.1. The molecule has 0 unspecified atom stereocenters. The summed E-state index contributed by atoms with van der Waals surface area (Å²) in [6, 6.07) is 0. The molecule has 0 aliphatic carbocycles. The predicted octanol–water partition coefficient (Wildman–Crippen LogP) is 0.602. The van der Waals surface area contributed by atoms with E-state index in [1.54, 1.807) is 7.05 Å². The number of piperidine rings is 1. The van der Waals surface area contributed by atoms with Crippen molar-refractivity contribution in [2.75, 3.05) is 30.4 Å². The molecule has 17 heavy (non-hydrogen) atoms. The third-order valence-electron chi connectivity index (χ3n) is 2.75. The largest absolute Gasteiger partial charge is 0.476 e. The molecular formula is C10H15N5O2. The molecule has 1 fully saturated rings. The van der Waals surface area contributed by atoms with E-state index in [2.05, 4.69) is 20.5 Å². The molecule has 0 spiro atoms. The van der Waals surface area contributed by atoms with Crippen LogP contribution in [0.3, 0.4) is 0 Å². The molecule has 1 aliphatic heterocycles. The van der Waals surface area contributed by atoms with Crippen LogP contribution in [0, 0.1) is 0 Å². The third-order valence-corrected chi connectivity index (χ3v) is 2.75. The third kappa shape index (κ3) is 2.43. The van der Waals surface area contributed by atoms with E-state index < -0.39 is 5.97 Å². The fourth-order valence-electron chi connectivity index (χ4n) is 1.86. The number of aromatic nitrogens is 3. The number of carbonyl (C=O) groups is 1. The van der Waals surface area contributed by atoms with Gasteiger partial charge in [0.2, 0.25) is 11.6 Å².